The fraction of sp³-hybridized carbons (Fsp3) is 0.364. The molecule has 1 rings (SSSR count). The van der Waals surface area contributed by atoms with Gasteiger partial charge in [-0.2, -0.15) is 0 Å². The minimum atomic E-state index is -0.0716. The molecule has 13 heavy (non-hydrogen) atoms. The van der Waals surface area contributed by atoms with Crippen LogP contribution in [0.5, 0.6) is 0 Å². The molecule has 0 saturated carbocycles. The maximum absolute atomic E-state index is 10.7. The lowest BCUT2D eigenvalue weighted by molar-refractivity contribution is -0.111. The van der Waals surface area contributed by atoms with Crippen LogP contribution in [-0.2, 0) is 11.2 Å². The van der Waals surface area contributed by atoms with Crippen molar-refractivity contribution in [2.75, 3.05) is 0 Å². The van der Waals surface area contributed by atoms with Crippen LogP contribution in [0, 0.1) is 5.92 Å². The van der Waals surface area contributed by atoms with E-state index >= 15 is 0 Å². The third kappa shape index (κ3) is 2.99. The van der Waals surface area contributed by atoms with Crippen molar-refractivity contribution in [1.82, 2.24) is 0 Å². The van der Waals surface area contributed by atoms with Crippen LogP contribution >= 0.6 is 0 Å². The Hall–Kier alpha value is -1.15. The summed E-state index contributed by atoms with van der Waals surface area (Å²) in [6, 6.07) is 9.86. The summed E-state index contributed by atoms with van der Waals surface area (Å²) in [5.74, 6) is -0.0672. The zero-order chi connectivity index (χ0) is 9.68. The van der Waals surface area contributed by atoms with Crippen LogP contribution in [0.3, 0.4) is 0 Å². The lowest BCUT2D eigenvalue weighted by atomic mass is 9.95. The van der Waals surface area contributed by atoms with Crippen molar-refractivity contribution in [2.24, 2.45) is 11.7 Å². The number of nitrogens with two attached hydrogens (primary N) is 1. The molecule has 0 unspecified atom stereocenters. The van der Waals surface area contributed by atoms with Gasteiger partial charge in [0, 0.05) is 12.0 Å². The first-order valence-corrected chi connectivity index (χ1v) is 4.49. The van der Waals surface area contributed by atoms with Gasteiger partial charge in [-0.3, -0.25) is 0 Å². The molecule has 2 nitrogen and oxygen atoms in total. The third-order valence-corrected chi connectivity index (χ3v) is 2.16. The van der Waals surface area contributed by atoms with Gasteiger partial charge in [-0.1, -0.05) is 30.3 Å². The minimum absolute atomic E-state index is 0.0672. The highest BCUT2D eigenvalue weighted by Crippen LogP contribution is 2.08. The van der Waals surface area contributed by atoms with Gasteiger partial charge in [0.25, 0.3) is 0 Å². The quantitative estimate of drug-likeness (QED) is 0.706. The Bertz CT molecular complexity index is 256. The minimum Gasteiger partial charge on any atom is -0.327 e. The van der Waals surface area contributed by atoms with Crippen LogP contribution in [-0.4, -0.2) is 12.3 Å². The molecule has 0 heterocycles. The molecule has 0 amide bonds. The predicted molar refractivity (Wildman–Crippen MR) is 53.3 cm³/mol. The Morgan fingerprint density at radius 1 is 1.38 bits per heavy atom. The van der Waals surface area contributed by atoms with Crippen molar-refractivity contribution >= 4 is 6.29 Å². The number of hydrogen-bond donors (Lipinski definition) is 1. The maximum atomic E-state index is 10.7. The first-order valence-electron chi connectivity index (χ1n) is 4.49. The molecular weight excluding hydrogens is 162 g/mol. The summed E-state index contributed by atoms with van der Waals surface area (Å²) in [6.07, 6.45) is 1.68. The molecule has 0 saturated heterocycles. The second-order valence-corrected chi connectivity index (χ2v) is 3.35. The van der Waals surface area contributed by atoms with E-state index < -0.39 is 0 Å². The highest BCUT2D eigenvalue weighted by atomic mass is 16.1. The van der Waals surface area contributed by atoms with E-state index in [2.05, 4.69) is 0 Å². The average Bonchev–Trinajstić information content (AvgIpc) is 2.15. The number of hydrogen-bond acceptors (Lipinski definition) is 2. The van der Waals surface area contributed by atoms with Crippen molar-refractivity contribution in [1.29, 1.82) is 0 Å². The van der Waals surface area contributed by atoms with Crippen LogP contribution < -0.4 is 5.73 Å². The van der Waals surface area contributed by atoms with Gasteiger partial charge in [0.2, 0.25) is 0 Å². The van der Waals surface area contributed by atoms with Crippen molar-refractivity contribution in [3.63, 3.8) is 0 Å². The number of carbonyl (C=O) groups is 1. The van der Waals surface area contributed by atoms with Gasteiger partial charge in [-0.25, -0.2) is 0 Å². The second kappa shape index (κ2) is 4.77. The van der Waals surface area contributed by atoms with Crippen LogP contribution in [0.15, 0.2) is 30.3 Å². The molecule has 2 atom stereocenters. The SMILES string of the molecule is C[C@@H](N)[C@@H](C=O)Cc1ccccc1. The van der Waals surface area contributed by atoms with Crippen molar-refractivity contribution in [3.05, 3.63) is 35.9 Å². The molecule has 2 N–H and O–H groups in total. The van der Waals surface area contributed by atoms with E-state index in [0.717, 1.165) is 18.3 Å². The fourth-order valence-corrected chi connectivity index (χ4v) is 1.24. The van der Waals surface area contributed by atoms with Gasteiger partial charge in [0.1, 0.15) is 6.29 Å². The van der Waals surface area contributed by atoms with Crippen LogP contribution in [0.2, 0.25) is 0 Å². The highest BCUT2D eigenvalue weighted by molar-refractivity contribution is 5.55. The van der Waals surface area contributed by atoms with E-state index in [1.165, 1.54) is 0 Å². The lowest BCUT2D eigenvalue weighted by Gasteiger charge is -2.13. The zero-order valence-corrected chi connectivity index (χ0v) is 7.81. The Morgan fingerprint density at radius 3 is 2.46 bits per heavy atom. The fourth-order valence-electron chi connectivity index (χ4n) is 1.24. The van der Waals surface area contributed by atoms with Gasteiger partial charge in [-0.05, 0) is 18.9 Å². The summed E-state index contributed by atoms with van der Waals surface area (Å²) < 4.78 is 0. The Kier molecular flexibility index (Phi) is 3.65. The van der Waals surface area contributed by atoms with Crippen LogP contribution in [0.1, 0.15) is 12.5 Å². The summed E-state index contributed by atoms with van der Waals surface area (Å²) >= 11 is 0. The maximum Gasteiger partial charge on any atom is 0.124 e. The molecule has 1 aromatic rings. The molecule has 2 heteroatoms. The van der Waals surface area contributed by atoms with E-state index in [-0.39, 0.29) is 12.0 Å². The van der Waals surface area contributed by atoms with E-state index in [1.54, 1.807) is 0 Å². The van der Waals surface area contributed by atoms with Crippen molar-refractivity contribution in [3.8, 4) is 0 Å². The van der Waals surface area contributed by atoms with Gasteiger partial charge in [-0.15, -0.1) is 0 Å². The largest absolute Gasteiger partial charge is 0.327 e. The smallest absolute Gasteiger partial charge is 0.124 e. The molecule has 0 bridgehead atoms. The number of benzene rings is 1. The molecule has 70 valence electrons. The zero-order valence-electron chi connectivity index (χ0n) is 7.81. The van der Waals surface area contributed by atoms with E-state index in [0.29, 0.717) is 0 Å². The first kappa shape index (κ1) is 9.93. The average molecular weight is 177 g/mol. The van der Waals surface area contributed by atoms with Crippen molar-refractivity contribution < 1.29 is 4.79 Å². The van der Waals surface area contributed by atoms with E-state index in [9.17, 15) is 4.79 Å². The lowest BCUT2D eigenvalue weighted by Crippen LogP contribution is -2.29. The first-order chi connectivity index (χ1) is 6.24. The summed E-state index contributed by atoms with van der Waals surface area (Å²) in [5.41, 5.74) is 6.83. The molecular formula is C11H15NO. The summed E-state index contributed by atoms with van der Waals surface area (Å²) in [7, 11) is 0. The summed E-state index contributed by atoms with van der Waals surface area (Å²) in [5, 5.41) is 0. The molecule has 1 aromatic carbocycles. The molecule has 0 spiro atoms. The number of aldehydes is 1. The monoisotopic (exact) mass is 177 g/mol. The van der Waals surface area contributed by atoms with Gasteiger partial charge >= 0.3 is 0 Å². The molecule has 0 aliphatic carbocycles. The van der Waals surface area contributed by atoms with E-state index in [4.69, 9.17) is 5.73 Å². The molecule has 0 aliphatic rings. The Labute approximate surface area is 78.8 Å². The standard InChI is InChI=1S/C11H15NO/c1-9(12)11(8-13)7-10-5-3-2-4-6-10/h2-6,8-9,11H,7,12H2,1H3/t9-,11-/m1/s1. The van der Waals surface area contributed by atoms with Gasteiger partial charge in [0.15, 0.2) is 0 Å². The topological polar surface area (TPSA) is 43.1 Å². The molecule has 0 aromatic heterocycles. The van der Waals surface area contributed by atoms with Gasteiger partial charge in [0.05, 0.1) is 0 Å². The number of carbonyl (C=O) groups excluding carboxylic acids is 1. The molecule has 0 fully saturated rings. The Balaban J connectivity index is 2.62. The van der Waals surface area contributed by atoms with E-state index in [1.807, 2.05) is 37.3 Å². The van der Waals surface area contributed by atoms with Crippen LogP contribution in [0.25, 0.3) is 0 Å². The molecule has 0 aliphatic heterocycles. The predicted octanol–water partition coefficient (Wildman–Crippen LogP) is 1.39. The van der Waals surface area contributed by atoms with Crippen molar-refractivity contribution in [2.45, 2.75) is 19.4 Å². The van der Waals surface area contributed by atoms with Gasteiger partial charge < -0.3 is 10.5 Å². The number of rotatable bonds is 4. The normalized spacial score (nSPS) is 14.9. The highest BCUT2D eigenvalue weighted by Gasteiger charge is 2.12. The Morgan fingerprint density at radius 2 is 2.00 bits per heavy atom. The summed E-state index contributed by atoms with van der Waals surface area (Å²) in [6.45, 7) is 1.86. The third-order valence-electron chi connectivity index (χ3n) is 2.16. The molecule has 0 radical (unpaired) electrons. The summed E-state index contributed by atoms with van der Waals surface area (Å²) in [4.78, 5) is 10.7. The van der Waals surface area contributed by atoms with Crippen LogP contribution in [0.4, 0.5) is 0 Å². The second-order valence-electron chi connectivity index (χ2n) is 3.35.